The Morgan fingerprint density at radius 1 is 1.47 bits per heavy atom. The molecule has 0 saturated carbocycles. The Bertz CT molecular complexity index is 384. The van der Waals surface area contributed by atoms with Crippen LogP contribution in [0.1, 0.15) is 12.8 Å². The average molecular weight is 245 g/mol. The molecule has 0 radical (unpaired) electrons. The molecule has 3 nitrogen and oxygen atoms in total. The van der Waals surface area contributed by atoms with Crippen LogP contribution >= 0.6 is 23.2 Å². The molecule has 1 aliphatic rings. The maximum atomic E-state index is 10.8. The third-order valence-electron chi connectivity index (χ3n) is 2.54. The number of nitrogens with zero attached hydrogens (tertiary/aromatic N) is 2. The lowest BCUT2D eigenvalue weighted by Crippen LogP contribution is -2.30. The van der Waals surface area contributed by atoms with Gasteiger partial charge in [-0.15, -0.1) is 0 Å². The number of rotatable bonds is 2. The summed E-state index contributed by atoms with van der Waals surface area (Å²) in [4.78, 5) is 16.9. The summed E-state index contributed by atoms with van der Waals surface area (Å²) < 4.78 is 0. The molecule has 1 aromatic rings. The van der Waals surface area contributed by atoms with Crippen LogP contribution in [0.5, 0.6) is 0 Å². The van der Waals surface area contributed by atoms with Crippen LogP contribution in [-0.4, -0.2) is 23.9 Å². The lowest BCUT2D eigenvalue weighted by molar-refractivity contribution is -0.108. The van der Waals surface area contributed by atoms with Crippen molar-refractivity contribution in [2.45, 2.75) is 18.9 Å². The van der Waals surface area contributed by atoms with Gasteiger partial charge < -0.3 is 9.69 Å². The summed E-state index contributed by atoms with van der Waals surface area (Å²) in [5.41, 5.74) is 0. The van der Waals surface area contributed by atoms with Crippen LogP contribution in [0.2, 0.25) is 10.2 Å². The van der Waals surface area contributed by atoms with Crippen LogP contribution in [0.15, 0.2) is 12.1 Å². The summed E-state index contributed by atoms with van der Waals surface area (Å²) in [6.07, 6.45) is 2.84. The molecule has 0 amide bonds. The fraction of sp³-hybridized carbons (Fsp3) is 0.400. The van der Waals surface area contributed by atoms with Crippen LogP contribution in [0, 0.1) is 0 Å². The summed E-state index contributed by atoms with van der Waals surface area (Å²) in [5, 5.41) is 0.716. The highest BCUT2D eigenvalue weighted by molar-refractivity contribution is 6.41. The fourth-order valence-corrected chi connectivity index (χ4v) is 2.04. The third-order valence-corrected chi connectivity index (χ3v) is 3.23. The second kappa shape index (κ2) is 4.37. The molecule has 1 unspecified atom stereocenters. The van der Waals surface area contributed by atoms with E-state index < -0.39 is 0 Å². The first-order chi connectivity index (χ1) is 7.22. The summed E-state index contributed by atoms with van der Waals surface area (Å²) in [7, 11) is 0. The van der Waals surface area contributed by atoms with Crippen LogP contribution in [0.3, 0.4) is 0 Å². The first-order valence-corrected chi connectivity index (χ1v) is 5.52. The van der Waals surface area contributed by atoms with E-state index in [2.05, 4.69) is 4.98 Å². The first kappa shape index (κ1) is 10.7. The second-order valence-corrected chi connectivity index (χ2v) is 4.25. The zero-order chi connectivity index (χ0) is 10.8. The monoisotopic (exact) mass is 244 g/mol. The van der Waals surface area contributed by atoms with Gasteiger partial charge in [-0.25, -0.2) is 4.98 Å². The lowest BCUT2D eigenvalue weighted by Gasteiger charge is -2.21. The molecule has 1 atom stereocenters. The molecule has 1 aliphatic heterocycles. The zero-order valence-corrected chi connectivity index (χ0v) is 9.50. The van der Waals surface area contributed by atoms with Crippen molar-refractivity contribution in [3.8, 4) is 0 Å². The van der Waals surface area contributed by atoms with Crippen LogP contribution < -0.4 is 4.90 Å². The van der Waals surface area contributed by atoms with Gasteiger partial charge in [0.25, 0.3) is 0 Å². The van der Waals surface area contributed by atoms with E-state index in [9.17, 15) is 4.79 Å². The maximum Gasteiger partial charge on any atom is 0.150 e. The van der Waals surface area contributed by atoms with Gasteiger partial charge in [-0.05, 0) is 25.0 Å². The molecule has 1 saturated heterocycles. The molecule has 15 heavy (non-hydrogen) atoms. The van der Waals surface area contributed by atoms with Gasteiger partial charge in [0.1, 0.15) is 17.3 Å². The Hall–Kier alpha value is -0.800. The molecule has 1 aromatic heterocycles. The average Bonchev–Trinajstić information content (AvgIpc) is 2.70. The third kappa shape index (κ3) is 2.08. The number of carbonyl (C=O) groups is 1. The molecule has 1 fully saturated rings. The smallest absolute Gasteiger partial charge is 0.150 e. The van der Waals surface area contributed by atoms with Gasteiger partial charge in [-0.1, -0.05) is 23.2 Å². The van der Waals surface area contributed by atoms with Crippen LogP contribution in [0.4, 0.5) is 5.82 Å². The zero-order valence-electron chi connectivity index (χ0n) is 7.99. The number of halogens is 2. The molecule has 5 heteroatoms. The number of hydrogen-bond acceptors (Lipinski definition) is 3. The predicted octanol–water partition coefficient (Wildman–Crippen LogP) is 2.56. The Morgan fingerprint density at radius 2 is 2.27 bits per heavy atom. The predicted molar refractivity (Wildman–Crippen MR) is 60.7 cm³/mol. The Morgan fingerprint density at radius 3 is 2.93 bits per heavy atom. The molecule has 2 rings (SSSR count). The molecular formula is C10H10Cl2N2O. The summed E-state index contributed by atoms with van der Waals surface area (Å²) >= 11 is 11.6. The summed E-state index contributed by atoms with van der Waals surface area (Å²) in [6, 6.07) is 3.41. The van der Waals surface area contributed by atoms with Crippen molar-refractivity contribution >= 4 is 35.3 Å². The Labute approximate surface area is 98.0 Å². The maximum absolute atomic E-state index is 10.8. The minimum atomic E-state index is -0.0743. The first-order valence-electron chi connectivity index (χ1n) is 4.76. The summed E-state index contributed by atoms with van der Waals surface area (Å²) in [5.74, 6) is 0.721. The van der Waals surface area contributed by atoms with E-state index in [4.69, 9.17) is 23.2 Å². The van der Waals surface area contributed by atoms with Crippen LogP contribution in [0.25, 0.3) is 0 Å². The van der Waals surface area contributed by atoms with E-state index in [0.29, 0.717) is 5.02 Å². The summed E-state index contributed by atoms with van der Waals surface area (Å²) in [6.45, 7) is 0.842. The number of aromatic nitrogens is 1. The highest BCUT2D eigenvalue weighted by Gasteiger charge is 2.25. The van der Waals surface area contributed by atoms with Crippen molar-refractivity contribution in [2.24, 2.45) is 0 Å². The van der Waals surface area contributed by atoms with Gasteiger partial charge in [0.2, 0.25) is 0 Å². The number of pyridine rings is 1. The van der Waals surface area contributed by atoms with Crippen molar-refractivity contribution in [3.05, 3.63) is 22.3 Å². The standard InChI is InChI=1S/C10H10Cl2N2O/c11-8-3-4-9(13-10(8)12)14-5-1-2-7(14)6-15/h3-4,6-7H,1-2,5H2. The van der Waals surface area contributed by atoms with Crippen molar-refractivity contribution in [2.75, 3.05) is 11.4 Å². The van der Waals surface area contributed by atoms with Gasteiger partial charge in [-0.3, -0.25) is 0 Å². The molecule has 2 heterocycles. The largest absolute Gasteiger partial charge is 0.347 e. The van der Waals surface area contributed by atoms with Crippen molar-refractivity contribution in [3.63, 3.8) is 0 Å². The highest BCUT2D eigenvalue weighted by atomic mass is 35.5. The van der Waals surface area contributed by atoms with E-state index in [1.807, 2.05) is 4.90 Å². The number of aldehydes is 1. The quantitative estimate of drug-likeness (QED) is 0.593. The molecule has 0 aliphatic carbocycles. The lowest BCUT2D eigenvalue weighted by atomic mass is 10.2. The van der Waals surface area contributed by atoms with E-state index in [-0.39, 0.29) is 11.2 Å². The molecule has 0 aromatic carbocycles. The Balaban J connectivity index is 2.28. The number of carbonyl (C=O) groups excluding carboxylic acids is 1. The normalized spacial score (nSPS) is 20.7. The van der Waals surface area contributed by atoms with Gasteiger partial charge in [0.05, 0.1) is 11.1 Å². The van der Waals surface area contributed by atoms with Gasteiger partial charge in [0.15, 0.2) is 0 Å². The Kier molecular flexibility index (Phi) is 3.12. The van der Waals surface area contributed by atoms with E-state index in [1.54, 1.807) is 12.1 Å². The van der Waals surface area contributed by atoms with E-state index >= 15 is 0 Å². The molecule has 0 N–H and O–H groups in total. The number of anilines is 1. The molecular weight excluding hydrogens is 235 g/mol. The molecule has 80 valence electrons. The fourth-order valence-electron chi connectivity index (χ4n) is 1.79. The topological polar surface area (TPSA) is 33.2 Å². The second-order valence-electron chi connectivity index (χ2n) is 3.48. The van der Waals surface area contributed by atoms with Gasteiger partial charge in [-0.2, -0.15) is 0 Å². The van der Waals surface area contributed by atoms with E-state index in [1.165, 1.54) is 0 Å². The number of hydrogen-bond donors (Lipinski definition) is 0. The van der Waals surface area contributed by atoms with Crippen LogP contribution in [-0.2, 0) is 4.79 Å². The molecule has 0 spiro atoms. The van der Waals surface area contributed by atoms with Gasteiger partial charge >= 0.3 is 0 Å². The minimum absolute atomic E-state index is 0.0743. The van der Waals surface area contributed by atoms with Crippen molar-refractivity contribution in [1.29, 1.82) is 0 Å². The van der Waals surface area contributed by atoms with Crippen molar-refractivity contribution < 1.29 is 4.79 Å². The highest BCUT2D eigenvalue weighted by Crippen LogP contribution is 2.27. The van der Waals surface area contributed by atoms with E-state index in [0.717, 1.165) is 31.5 Å². The SMILES string of the molecule is O=CC1CCCN1c1ccc(Cl)c(Cl)n1. The van der Waals surface area contributed by atoms with Gasteiger partial charge in [0, 0.05) is 6.54 Å². The minimum Gasteiger partial charge on any atom is -0.347 e. The molecule has 0 bridgehead atoms. The van der Waals surface area contributed by atoms with Crippen molar-refractivity contribution in [1.82, 2.24) is 4.98 Å².